The lowest BCUT2D eigenvalue weighted by molar-refractivity contribution is 0.479. The Bertz CT molecular complexity index is 149. The van der Waals surface area contributed by atoms with Gasteiger partial charge in [0, 0.05) is 5.38 Å². The van der Waals surface area contributed by atoms with Crippen molar-refractivity contribution in [2.24, 2.45) is 5.41 Å². The minimum Gasteiger partial charge on any atom is -0.123 e. The summed E-state index contributed by atoms with van der Waals surface area (Å²) in [7, 11) is 0. The SMILES string of the molecule is CC/C=C(/CC(C)Cl)C(C)(C)C. The van der Waals surface area contributed by atoms with E-state index in [1.165, 1.54) is 5.57 Å². The van der Waals surface area contributed by atoms with E-state index in [1.807, 2.05) is 0 Å². The maximum absolute atomic E-state index is 5.97. The Balaban J connectivity index is 4.35. The minimum absolute atomic E-state index is 0.252. The van der Waals surface area contributed by atoms with Gasteiger partial charge in [0.15, 0.2) is 0 Å². The van der Waals surface area contributed by atoms with Gasteiger partial charge in [-0.25, -0.2) is 0 Å². The summed E-state index contributed by atoms with van der Waals surface area (Å²) in [6.07, 6.45) is 4.42. The lowest BCUT2D eigenvalue weighted by atomic mass is 9.83. The summed E-state index contributed by atoms with van der Waals surface area (Å²) < 4.78 is 0. The summed E-state index contributed by atoms with van der Waals surface area (Å²) in [5, 5.41) is 0.252. The molecule has 0 aliphatic carbocycles. The molecule has 0 spiro atoms. The fraction of sp³-hybridized carbons (Fsp3) is 0.818. The predicted molar refractivity (Wildman–Crippen MR) is 57.8 cm³/mol. The number of halogens is 1. The van der Waals surface area contributed by atoms with Crippen molar-refractivity contribution in [3.63, 3.8) is 0 Å². The molecule has 12 heavy (non-hydrogen) atoms. The first kappa shape index (κ1) is 12.0. The molecule has 72 valence electrons. The molecule has 0 saturated carbocycles. The average Bonchev–Trinajstić information content (AvgIpc) is 1.83. The smallest absolute Gasteiger partial charge is 0.0345 e. The summed E-state index contributed by atoms with van der Waals surface area (Å²) in [5.41, 5.74) is 1.76. The predicted octanol–water partition coefficient (Wildman–Crippen LogP) is 4.39. The first-order valence-electron chi connectivity index (χ1n) is 4.71. The van der Waals surface area contributed by atoms with Gasteiger partial charge < -0.3 is 0 Å². The molecule has 0 rings (SSSR count). The van der Waals surface area contributed by atoms with Gasteiger partial charge >= 0.3 is 0 Å². The van der Waals surface area contributed by atoms with Crippen LogP contribution >= 0.6 is 11.6 Å². The Morgan fingerprint density at radius 3 is 2.17 bits per heavy atom. The van der Waals surface area contributed by atoms with Crippen molar-refractivity contribution in [2.75, 3.05) is 0 Å². The van der Waals surface area contributed by atoms with Gasteiger partial charge in [0.1, 0.15) is 0 Å². The number of rotatable bonds is 3. The normalized spacial score (nSPS) is 16.3. The van der Waals surface area contributed by atoms with Crippen LogP contribution in [0, 0.1) is 5.41 Å². The van der Waals surface area contributed by atoms with Crippen LogP contribution in [-0.4, -0.2) is 5.38 Å². The van der Waals surface area contributed by atoms with E-state index in [4.69, 9.17) is 11.6 Å². The van der Waals surface area contributed by atoms with E-state index >= 15 is 0 Å². The summed E-state index contributed by atoms with van der Waals surface area (Å²) in [4.78, 5) is 0. The van der Waals surface area contributed by atoms with E-state index in [9.17, 15) is 0 Å². The fourth-order valence-electron chi connectivity index (χ4n) is 1.25. The lowest BCUT2D eigenvalue weighted by Gasteiger charge is -2.24. The quantitative estimate of drug-likeness (QED) is 0.456. The van der Waals surface area contributed by atoms with E-state index in [0.29, 0.717) is 0 Å². The first-order valence-corrected chi connectivity index (χ1v) is 5.15. The van der Waals surface area contributed by atoms with Crippen molar-refractivity contribution in [3.8, 4) is 0 Å². The van der Waals surface area contributed by atoms with Crippen molar-refractivity contribution in [3.05, 3.63) is 11.6 Å². The number of hydrogen-bond acceptors (Lipinski definition) is 0. The monoisotopic (exact) mass is 188 g/mol. The Hall–Kier alpha value is 0.0300. The third-order valence-electron chi connectivity index (χ3n) is 1.92. The van der Waals surface area contributed by atoms with Crippen molar-refractivity contribution >= 4 is 11.6 Å². The lowest BCUT2D eigenvalue weighted by Crippen LogP contribution is -2.12. The zero-order valence-electron chi connectivity index (χ0n) is 8.95. The fourth-order valence-corrected chi connectivity index (χ4v) is 1.41. The molecule has 0 bridgehead atoms. The maximum Gasteiger partial charge on any atom is 0.0345 e. The van der Waals surface area contributed by atoms with E-state index < -0.39 is 0 Å². The third kappa shape index (κ3) is 4.82. The Morgan fingerprint density at radius 2 is 1.92 bits per heavy atom. The first-order chi connectivity index (χ1) is 5.38. The molecule has 0 aliphatic rings. The van der Waals surface area contributed by atoms with Crippen LogP contribution in [0.5, 0.6) is 0 Å². The van der Waals surface area contributed by atoms with Crippen LogP contribution in [0.4, 0.5) is 0 Å². The maximum atomic E-state index is 5.97. The van der Waals surface area contributed by atoms with E-state index in [0.717, 1.165) is 12.8 Å². The van der Waals surface area contributed by atoms with Crippen molar-refractivity contribution in [2.45, 2.75) is 52.8 Å². The minimum atomic E-state index is 0.252. The molecule has 1 unspecified atom stereocenters. The molecule has 0 aromatic rings. The van der Waals surface area contributed by atoms with Crippen molar-refractivity contribution in [1.29, 1.82) is 0 Å². The summed E-state index contributed by atoms with van der Waals surface area (Å²) in [5.74, 6) is 0. The molecule has 0 amide bonds. The van der Waals surface area contributed by atoms with E-state index in [-0.39, 0.29) is 10.8 Å². The van der Waals surface area contributed by atoms with Crippen LogP contribution in [0.15, 0.2) is 11.6 Å². The topological polar surface area (TPSA) is 0 Å². The van der Waals surface area contributed by atoms with Gasteiger partial charge in [0.05, 0.1) is 0 Å². The number of allylic oxidation sites excluding steroid dienone is 2. The van der Waals surface area contributed by atoms with Crippen LogP contribution in [-0.2, 0) is 0 Å². The van der Waals surface area contributed by atoms with Gasteiger partial charge in [-0.2, -0.15) is 0 Å². The third-order valence-corrected chi connectivity index (χ3v) is 2.07. The molecule has 0 nitrogen and oxygen atoms in total. The van der Waals surface area contributed by atoms with Gasteiger partial charge in [-0.1, -0.05) is 39.3 Å². The van der Waals surface area contributed by atoms with Gasteiger partial charge in [-0.05, 0) is 25.2 Å². The Morgan fingerprint density at radius 1 is 1.42 bits per heavy atom. The number of alkyl halides is 1. The average molecular weight is 189 g/mol. The second-order valence-corrected chi connectivity index (χ2v) is 5.12. The standard InChI is InChI=1S/C11H21Cl/c1-6-7-10(8-9(2)12)11(3,4)5/h7,9H,6,8H2,1-5H3/b10-7-. The molecule has 0 heterocycles. The summed E-state index contributed by atoms with van der Waals surface area (Å²) in [6.45, 7) is 11.0. The van der Waals surface area contributed by atoms with Gasteiger partial charge in [-0.3, -0.25) is 0 Å². The highest BCUT2D eigenvalue weighted by Crippen LogP contribution is 2.30. The van der Waals surface area contributed by atoms with Gasteiger partial charge in [0.2, 0.25) is 0 Å². The molecule has 0 fully saturated rings. The highest BCUT2D eigenvalue weighted by Gasteiger charge is 2.17. The molecule has 0 aromatic carbocycles. The van der Waals surface area contributed by atoms with Crippen LogP contribution in [0.1, 0.15) is 47.5 Å². The Labute approximate surface area is 82.0 Å². The van der Waals surface area contributed by atoms with E-state index in [1.54, 1.807) is 0 Å². The largest absolute Gasteiger partial charge is 0.123 e. The second-order valence-electron chi connectivity index (χ2n) is 4.37. The highest BCUT2D eigenvalue weighted by atomic mass is 35.5. The van der Waals surface area contributed by atoms with Gasteiger partial charge in [-0.15, -0.1) is 11.6 Å². The molecule has 0 aliphatic heterocycles. The van der Waals surface area contributed by atoms with Crippen LogP contribution in [0.25, 0.3) is 0 Å². The zero-order chi connectivity index (χ0) is 9.78. The second kappa shape index (κ2) is 4.91. The van der Waals surface area contributed by atoms with Gasteiger partial charge in [0.25, 0.3) is 0 Å². The van der Waals surface area contributed by atoms with Crippen molar-refractivity contribution in [1.82, 2.24) is 0 Å². The van der Waals surface area contributed by atoms with Crippen LogP contribution in [0.3, 0.4) is 0 Å². The summed E-state index contributed by atoms with van der Waals surface area (Å²) in [6, 6.07) is 0. The van der Waals surface area contributed by atoms with Crippen LogP contribution < -0.4 is 0 Å². The molecule has 0 aromatic heterocycles. The Kier molecular flexibility index (Phi) is 4.92. The number of hydrogen-bond donors (Lipinski definition) is 0. The summed E-state index contributed by atoms with van der Waals surface area (Å²) >= 11 is 5.97. The zero-order valence-corrected chi connectivity index (χ0v) is 9.70. The molecule has 1 heteroatoms. The molecule has 1 atom stereocenters. The highest BCUT2D eigenvalue weighted by molar-refractivity contribution is 6.20. The molecular weight excluding hydrogens is 168 g/mol. The van der Waals surface area contributed by atoms with E-state index in [2.05, 4.69) is 40.7 Å². The molecule has 0 N–H and O–H groups in total. The molecule has 0 saturated heterocycles. The van der Waals surface area contributed by atoms with Crippen molar-refractivity contribution < 1.29 is 0 Å². The molecular formula is C11H21Cl. The van der Waals surface area contributed by atoms with Crippen LogP contribution in [0.2, 0.25) is 0 Å². The molecule has 0 radical (unpaired) electrons.